The minimum atomic E-state index is -0.891. The molecule has 0 saturated carbocycles. The number of benzene rings is 1. The third-order valence-corrected chi connectivity index (χ3v) is 2.48. The largest absolute Gasteiger partial charge is 0.481 e. The van der Waals surface area contributed by atoms with Crippen molar-refractivity contribution in [2.75, 3.05) is 0 Å². The predicted octanol–water partition coefficient (Wildman–Crippen LogP) is 1.44. The molecule has 0 amide bonds. The normalized spacial score (nSPS) is 14.1. The molecule has 1 aliphatic rings. The van der Waals surface area contributed by atoms with Crippen LogP contribution < -0.4 is 0 Å². The van der Waals surface area contributed by atoms with Crippen molar-refractivity contribution in [1.82, 2.24) is 0 Å². The summed E-state index contributed by atoms with van der Waals surface area (Å²) >= 11 is 0. The van der Waals surface area contributed by atoms with Gasteiger partial charge in [0.15, 0.2) is 5.78 Å². The van der Waals surface area contributed by atoms with Crippen molar-refractivity contribution in [3.05, 3.63) is 34.9 Å². The molecule has 72 valence electrons. The maximum Gasteiger partial charge on any atom is 0.307 e. The van der Waals surface area contributed by atoms with Gasteiger partial charge in [-0.05, 0) is 17.5 Å². The Morgan fingerprint density at radius 2 is 2.14 bits per heavy atom. The molecule has 0 atom stereocenters. The zero-order valence-corrected chi connectivity index (χ0v) is 7.62. The van der Waals surface area contributed by atoms with E-state index < -0.39 is 5.97 Å². The minimum Gasteiger partial charge on any atom is -0.481 e. The smallest absolute Gasteiger partial charge is 0.307 e. The lowest BCUT2D eigenvalue weighted by Gasteiger charge is -2.03. The Kier molecular flexibility index (Phi) is 2.08. The number of carboxylic acids is 1. The number of carbonyl (C=O) groups is 2. The standard InChI is InChI=1S/C11H10O3/c12-9-5-4-7-2-1-3-8(11(7)9)6-10(13)14/h1-3H,4-6H2,(H,13,14). The topological polar surface area (TPSA) is 54.4 Å². The number of ketones is 1. The van der Waals surface area contributed by atoms with E-state index in [1.54, 1.807) is 6.07 Å². The van der Waals surface area contributed by atoms with Crippen molar-refractivity contribution >= 4 is 11.8 Å². The Hall–Kier alpha value is -1.64. The van der Waals surface area contributed by atoms with Crippen LogP contribution in [0.25, 0.3) is 0 Å². The molecule has 1 aliphatic carbocycles. The maximum absolute atomic E-state index is 11.5. The highest BCUT2D eigenvalue weighted by Gasteiger charge is 2.22. The van der Waals surface area contributed by atoms with Crippen molar-refractivity contribution in [1.29, 1.82) is 0 Å². The van der Waals surface area contributed by atoms with Crippen molar-refractivity contribution in [2.45, 2.75) is 19.3 Å². The highest BCUT2D eigenvalue weighted by atomic mass is 16.4. The van der Waals surface area contributed by atoms with Gasteiger partial charge in [0.25, 0.3) is 0 Å². The van der Waals surface area contributed by atoms with E-state index in [-0.39, 0.29) is 12.2 Å². The number of carbonyl (C=O) groups excluding carboxylic acids is 1. The van der Waals surface area contributed by atoms with Crippen molar-refractivity contribution in [3.8, 4) is 0 Å². The van der Waals surface area contributed by atoms with Gasteiger partial charge in [-0.15, -0.1) is 0 Å². The van der Waals surface area contributed by atoms with Gasteiger partial charge < -0.3 is 5.11 Å². The minimum absolute atomic E-state index is 0.0606. The molecule has 2 rings (SSSR count). The Labute approximate surface area is 81.4 Å². The first kappa shape index (κ1) is 8.94. The zero-order valence-electron chi connectivity index (χ0n) is 7.62. The average molecular weight is 190 g/mol. The second-order valence-corrected chi connectivity index (χ2v) is 3.44. The van der Waals surface area contributed by atoms with Crippen LogP contribution in [0.4, 0.5) is 0 Å². The lowest BCUT2D eigenvalue weighted by Crippen LogP contribution is -2.05. The number of rotatable bonds is 2. The number of Topliss-reactive ketones (excluding diaryl/α,β-unsaturated/α-hetero) is 1. The van der Waals surface area contributed by atoms with E-state index in [4.69, 9.17) is 5.11 Å². The first-order valence-corrected chi connectivity index (χ1v) is 4.54. The summed E-state index contributed by atoms with van der Waals surface area (Å²) in [6.45, 7) is 0. The monoisotopic (exact) mass is 190 g/mol. The van der Waals surface area contributed by atoms with Gasteiger partial charge in [0.1, 0.15) is 0 Å². The van der Waals surface area contributed by atoms with Crippen LogP contribution in [0.3, 0.4) is 0 Å². The lowest BCUT2D eigenvalue weighted by atomic mass is 10.0. The molecule has 0 heterocycles. The number of hydrogen-bond donors (Lipinski definition) is 1. The van der Waals surface area contributed by atoms with Gasteiger partial charge in [-0.3, -0.25) is 9.59 Å². The van der Waals surface area contributed by atoms with E-state index in [1.807, 2.05) is 12.1 Å². The highest BCUT2D eigenvalue weighted by Crippen LogP contribution is 2.25. The van der Waals surface area contributed by atoms with Gasteiger partial charge in [0, 0.05) is 12.0 Å². The lowest BCUT2D eigenvalue weighted by molar-refractivity contribution is -0.136. The van der Waals surface area contributed by atoms with Gasteiger partial charge >= 0.3 is 5.97 Å². The van der Waals surface area contributed by atoms with Gasteiger partial charge in [0.05, 0.1) is 6.42 Å². The van der Waals surface area contributed by atoms with E-state index in [0.29, 0.717) is 17.5 Å². The fraction of sp³-hybridized carbons (Fsp3) is 0.273. The molecule has 1 aromatic rings. The quantitative estimate of drug-likeness (QED) is 0.767. The summed E-state index contributed by atoms with van der Waals surface area (Å²) in [6.07, 6.45) is 1.21. The van der Waals surface area contributed by atoms with Crippen LogP contribution in [0.1, 0.15) is 27.9 Å². The van der Waals surface area contributed by atoms with Crippen molar-refractivity contribution in [2.24, 2.45) is 0 Å². The summed E-state index contributed by atoms with van der Waals surface area (Å²) in [7, 11) is 0. The van der Waals surface area contributed by atoms with Crippen LogP contribution in [-0.4, -0.2) is 16.9 Å². The van der Waals surface area contributed by atoms with Crippen LogP contribution in [0.15, 0.2) is 18.2 Å². The number of carboxylic acid groups (broad SMARTS) is 1. The first-order valence-electron chi connectivity index (χ1n) is 4.54. The van der Waals surface area contributed by atoms with Gasteiger partial charge in [0.2, 0.25) is 0 Å². The Bertz CT molecular complexity index is 407. The molecule has 1 aromatic carbocycles. The molecule has 0 bridgehead atoms. The predicted molar refractivity (Wildman–Crippen MR) is 50.4 cm³/mol. The fourth-order valence-corrected chi connectivity index (χ4v) is 1.90. The van der Waals surface area contributed by atoms with E-state index in [1.165, 1.54) is 0 Å². The van der Waals surface area contributed by atoms with E-state index in [2.05, 4.69) is 0 Å². The summed E-state index contributed by atoms with van der Waals surface area (Å²) in [5, 5.41) is 8.67. The molecule has 3 nitrogen and oxygen atoms in total. The maximum atomic E-state index is 11.5. The Morgan fingerprint density at radius 3 is 2.86 bits per heavy atom. The average Bonchev–Trinajstić information content (AvgIpc) is 2.48. The fourth-order valence-electron chi connectivity index (χ4n) is 1.90. The molecule has 0 spiro atoms. The zero-order chi connectivity index (χ0) is 10.1. The molecular weight excluding hydrogens is 180 g/mol. The first-order chi connectivity index (χ1) is 6.68. The van der Waals surface area contributed by atoms with Crippen LogP contribution in [0.2, 0.25) is 0 Å². The highest BCUT2D eigenvalue weighted by molar-refractivity contribution is 6.02. The number of aryl methyl sites for hydroxylation is 1. The third kappa shape index (κ3) is 1.41. The van der Waals surface area contributed by atoms with Gasteiger partial charge in [-0.2, -0.15) is 0 Å². The van der Waals surface area contributed by atoms with E-state index in [9.17, 15) is 9.59 Å². The number of hydrogen-bond acceptors (Lipinski definition) is 2. The molecule has 0 radical (unpaired) electrons. The molecule has 0 saturated heterocycles. The summed E-state index contributed by atoms with van der Waals surface area (Å²) in [6, 6.07) is 5.43. The summed E-state index contributed by atoms with van der Waals surface area (Å²) < 4.78 is 0. The van der Waals surface area contributed by atoms with E-state index >= 15 is 0 Å². The Morgan fingerprint density at radius 1 is 1.36 bits per heavy atom. The molecule has 14 heavy (non-hydrogen) atoms. The Balaban J connectivity index is 2.46. The molecule has 0 aliphatic heterocycles. The molecule has 0 fully saturated rings. The number of fused-ring (bicyclic) bond motifs is 1. The molecule has 3 heteroatoms. The molecule has 1 N–H and O–H groups in total. The summed E-state index contributed by atoms with van der Waals surface area (Å²) in [5.41, 5.74) is 2.29. The molecule has 0 unspecified atom stereocenters. The SMILES string of the molecule is O=C(O)Cc1cccc2c1C(=O)CC2. The molecule has 0 aromatic heterocycles. The second-order valence-electron chi connectivity index (χ2n) is 3.44. The molecular formula is C11H10O3. The third-order valence-electron chi connectivity index (χ3n) is 2.48. The summed E-state index contributed by atoms with van der Waals surface area (Å²) in [4.78, 5) is 22.0. The van der Waals surface area contributed by atoms with Crippen LogP contribution in [0, 0.1) is 0 Å². The van der Waals surface area contributed by atoms with Crippen molar-refractivity contribution < 1.29 is 14.7 Å². The second kappa shape index (κ2) is 3.25. The van der Waals surface area contributed by atoms with E-state index in [0.717, 1.165) is 12.0 Å². The van der Waals surface area contributed by atoms with Gasteiger partial charge in [-0.1, -0.05) is 18.2 Å². The van der Waals surface area contributed by atoms with Crippen molar-refractivity contribution in [3.63, 3.8) is 0 Å². The van der Waals surface area contributed by atoms with Crippen LogP contribution in [-0.2, 0) is 17.6 Å². The van der Waals surface area contributed by atoms with Gasteiger partial charge in [-0.25, -0.2) is 0 Å². The van der Waals surface area contributed by atoms with Crippen LogP contribution >= 0.6 is 0 Å². The summed E-state index contributed by atoms with van der Waals surface area (Å²) in [5.74, 6) is -0.810. The van der Waals surface area contributed by atoms with Crippen LogP contribution in [0.5, 0.6) is 0 Å². The number of aliphatic carboxylic acids is 1.